The molecule has 0 bridgehead atoms. The van der Waals surface area contributed by atoms with Gasteiger partial charge in [-0.15, -0.1) is 0 Å². The molecule has 1 aromatic heterocycles. The SMILES string of the molecule is CC(C)(C)Cc1nc2c(o1)C1C(=CC=CC1O)C(=O)C2=O. The first-order chi connectivity index (χ1) is 9.78. The molecule has 110 valence electrons. The number of ketones is 2. The number of rotatable bonds is 1. The number of allylic oxidation sites excluding steroid dienone is 2. The van der Waals surface area contributed by atoms with Crippen LogP contribution in [0.15, 0.2) is 28.2 Å². The van der Waals surface area contributed by atoms with E-state index in [2.05, 4.69) is 4.98 Å². The summed E-state index contributed by atoms with van der Waals surface area (Å²) in [6.45, 7) is 6.10. The summed E-state index contributed by atoms with van der Waals surface area (Å²) >= 11 is 0. The molecule has 3 rings (SSSR count). The molecule has 2 atom stereocenters. The van der Waals surface area contributed by atoms with Crippen LogP contribution in [0.3, 0.4) is 0 Å². The minimum absolute atomic E-state index is 0.0513. The molecule has 0 spiro atoms. The van der Waals surface area contributed by atoms with Gasteiger partial charge in [0.25, 0.3) is 5.78 Å². The summed E-state index contributed by atoms with van der Waals surface area (Å²) in [4.78, 5) is 28.4. The Morgan fingerprint density at radius 2 is 2.00 bits per heavy atom. The van der Waals surface area contributed by atoms with Crippen molar-refractivity contribution in [2.45, 2.75) is 39.2 Å². The summed E-state index contributed by atoms with van der Waals surface area (Å²) in [5.74, 6) is -1.15. The number of Topliss-reactive ketones (excluding diaryl/α,β-unsaturated/α-hetero) is 2. The van der Waals surface area contributed by atoms with Gasteiger partial charge in [-0.2, -0.15) is 0 Å². The largest absolute Gasteiger partial charge is 0.444 e. The maximum Gasteiger partial charge on any atom is 0.255 e. The molecule has 2 aliphatic rings. The summed E-state index contributed by atoms with van der Waals surface area (Å²) in [5, 5.41) is 10.1. The van der Waals surface area contributed by atoms with Gasteiger partial charge in [0.1, 0.15) is 5.76 Å². The molecule has 5 nitrogen and oxygen atoms in total. The molecule has 5 heteroatoms. The van der Waals surface area contributed by atoms with Gasteiger partial charge in [0.2, 0.25) is 5.78 Å². The van der Waals surface area contributed by atoms with E-state index in [1.54, 1.807) is 18.2 Å². The van der Waals surface area contributed by atoms with Crippen molar-refractivity contribution in [2.75, 3.05) is 0 Å². The predicted molar refractivity (Wildman–Crippen MR) is 75.0 cm³/mol. The van der Waals surface area contributed by atoms with E-state index in [9.17, 15) is 14.7 Å². The monoisotopic (exact) mass is 287 g/mol. The molecule has 1 aromatic rings. The molecule has 0 aliphatic heterocycles. The summed E-state index contributed by atoms with van der Waals surface area (Å²) in [6, 6.07) is 0. The number of nitrogens with zero attached hydrogens (tertiary/aromatic N) is 1. The predicted octanol–water partition coefficient (Wildman–Crippen LogP) is 1.97. The number of carbonyl (C=O) groups is 2. The third-order valence-electron chi connectivity index (χ3n) is 3.61. The quantitative estimate of drug-likeness (QED) is 0.799. The Labute approximate surface area is 122 Å². The second kappa shape index (κ2) is 4.49. The Morgan fingerprint density at radius 3 is 2.67 bits per heavy atom. The lowest BCUT2D eigenvalue weighted by atomic mass is 9.78. The molecule has 0 aromatic carbocycles. The minimum Gasteiger partial charge on any atom is -0.444 e. The molecule has 0 radical (unpaired) electrons. The van der Waals surface area contributed by atoms with E-state index < -0.39 is 23.6 Å². The van der Waals surface area contributed by atoms with Gasteiger partial charge < -0.3 is 9.52 Å². The molecule has 2 aliphatic carbocycles. The number of oxazole rings is 1. The average molecular weight is 287 g/mol. The molecule has 1 heterocycles. The molecular weight excluding hydrogens is 270 g/mol. The highest BCUT2D eigenvalue weighted by molar-refractivity contribution is 6.50. The zero-order valence-electron chi connectivity index (χ0n) is 12.2. The fourth-order valence-electron chi connectivity index (χ4n) is 2.70. The minimum atomic E-state index is -0.878. The third-order valence-corrected chi connectivity index (χ3v) is 3.61. The Kier molecular flexibility index (Phi) is 2.99. The molecule has 0 amide bonds. The number of hydrogen-bond donors (Lipinski definition) is 1. The van der Waals surface area contributed by atoms with Crippen molar-refractivity contribution < 1.29 is 19.1 Å². The molecule has 1 N–H and O–H groups in total. The van der Waals surface area contributed by atoms with Crippen LogP contribution in [0.1, 0.15) is 48.8 Å². The summed E-state index contributed by atoms with van der Waals surface area (Å²) in [7, 11) is 0. The first-order valence-corrected chi connectivity index (χ1v) is 6.93. The normalized spacial score (nSPS) is 24.7. The van der Waals surface area contributed by atoms with Crippen molar-refractivity contribution in [3.05, 3.63) is 41.1 Å². The van der Waals surface area contributed by atoms with Gasteiger partial charge >= 0.3 is 0 Å². The van der Waals surface area contributed by atoms with Crippen LogP contribution in [0.5, 0.6) is 0 Å². The van der Waals surface area contributed by atoms with Crippen molar-refractivity contribution >= 4 is 11.6 Å². The zero-order valence-corrected chi connectivity index (χ0v) is 12.2. The van der Waals surface area contributed by atoms with E-state index in [4.69, 9.17) is 4.42 Å². The van der Waals surface area contributed by atoms with Gasteiger partial charge in [0, 0.05) is 12.0 Å². The van der Waals surface area contributed by atoms with E-state index >= 15 is 0 Å². The van der Waals surface area contributed by atoms with Gasteiger partial charge in [-0.3, -0.25) is 9.59 Å². The van der Waals surface area contributed by atoms with Crippen molar-refractivity contribution in [1.29, 1.82) is 0 Å². The molecule has 0 fully saturated rings. The van der Waals surface area contributed by atoms with Crippen LogP contribution in [0.2, 0.25) is 0 Å². The summed E-state index contributed by atoms with van der Waals surface area (Å²) in [5.41, 5.74) is 0.279. The highest BCUT2D eigenvalue weighted by Gasteiger charge is 2.44. The number of aliphatic hydroxyl groups excluding tert-OH is 1. The van der Waals surface area contributed by atoms with E-state index in [1.807, 2.05) is 20.8 Å². The highest BCUT2D eigenvalue weighted by Crippen LogP contribution is 2.39. The standard InChI is InChI=1S/C16H17NO4/c1-16(2,3)7-10-17-12-14(20)13(19)8-5-4-6-9(18)11(8)15(12)21-10/h4-6,9,11,18H,7H2,1-3H3. The van der Waals surface area contributed by atoms with Crippen molar-refractivity contribution in [1.82, 2.24) is 4.98 Å². The van der Waals surface area contributed by atoms with E-state index in [0.29, 0.717) is 18.1 Å². The Morgan fingerprint density at radius 1 is 1.29 bits per heavy atom. The average Bonchev–Trinajstić information content (AvgIpc) is 2.77. The van der Waals surface area contributed by atoms with Gasteiger partial charge in [0.15, 0.2) is 11.6 Å². The fraction of sp³-hybridized carbons (Fsp3) is 0.438. The molecular formula is C16H17NO4. The Bertz CT molecular complexity index is 688. The number of hydrogen-bond acceptors (Lipinski definition) is 5. The van der Waals surface area contributed by atoms with Gasteiger partial charge in [-0.25, -0.2) is 4.98 Å². The maximum absolute atomic E-state index is 12.1. The lowest BCUT2D eigenvalue weighted by molar-refractivity contribution is -0.112. The Balaban J connectivity index is 2.10. The zero-order chi connectivity index (χ0) is 15.4. The van der Waals surface area contributed by atoms with Crippen LogP contribution >= 0.6 is 0 Å². The van der Waals surface area contributed by atoms with Crippen LogP contribution in [0.4, 0.5) is 0 Å². The second-order valence-electron chi connectivity index (χ2n) is 6.69. The van der Waals surface area contributed by atoms with Crippen LogP contribution < -0.4 is 0 Å². The van der Waals surface area contributed by atoms with Crippen LogP contribution in [-0.2, 0) is 11.2 Å². The molecule has 0 saturated heterocycles. The van der Waals surface area contributed by atoms with Crippen molar-refractivity contribution in [3.8, 4) is 0 Å². The first kappa shape index (κ1) is 13.9. The van der Waals surface area contributed by atoms with E-state index in [0.717, 1.165) is 0 Å². The fourth-order valence-corrected chi connectivity index (χ4v) is 2.70. The van der Waals surface area contributed by atoms with Gasteiger partial charge in [-0.05, 0) is 5.41 Å². The smallest absolute Gasteiger partial charge is 0.255 e. The first-order valence-electron chi connectivity index (χ1n) is 6.93. The molecule has 21 heavy (non-hydrogen) atoms. The van der Waals surface area contributed by atoms with Crippen molar-refractivity contribution in [2.24, 2.45) is 5.41 Å². The number of aliphatic hydroxyl groups is 1. The molecule has 2 unspecified atom stereocenters. The number of carbonyl (C=O) groups excluding carboxylic acids is 2. The maximum atomic E-state index is 12.1. The van der Waals surface area contributed by atoms with E-state index in [-0.39, 0.29) is 16.7 Å². The molecule has 0 saturated carbocycles. The van der Waals surface area contributed by atoms with Gasteiger partial charge in [0.05, 0.1) is 12.0 Å². The third kappa shape index (κ3) is 2.27. The topological polar surface area (TPSA) is 80.4 Å². The van der Waals surface area contributed by atoms with Crippen molar-refractivity contribution in [3.63, 3.8) is 0 Å². The van der Waals surface area contributed by atoms with Crippen LogP contribution in [0.25, 0.3) is 0 Å². The number of aromatic nitrogens is 1. The lowest BCUT2D eigenvalue weighted by Gasteiger charge is -2.26. The summed E-state index contributed by atoms with van der Waals surface area (Å²) < 4.78 is 5.72. The Hall–Kier alpha value is -2.01. The summed E-state index contributed by atoms with van der Waals surface area (Å²) in [6.07, 6.45) is 4.40. The van der Waals surface area contributed by atoms with Gasteiger partial charge in [-0.1, -0.05) is 39.0 Å². The highest BCUT2D eigenvalue weighted by atomic mass is 16.4. The lowest BCUT2D eigenvalue weighted by Crippen LogP contribution is -2.34. The van der Waals surface area contributed by atoms with E-state index in [1.165, 1.54) is 0 Å². The van der Waals surface area contributed by atoms with Crippen LogP contribution in [-0.4, -0.2) is 27.8 Å². The van der Waals surface area contributed by atoms with Crippen LogP contribution in [0, 0.1) is 5.41 Å². The second-order valence-corrected chi connectivity index (χ2v) is 6.69. The number of fused-ring (bicyclic) bond motifs is 3.